The summed E-state index contributed by atoms with van der Waals surface area (Å²) in [4.78, 5) is 13.7. The molecule has 0 spiro atoms. The van der Waals surface area contributed by atoms with E-state index in [1.165, 1.54) is 25.3 Å². The standard InChI is InChI=1S/C16H17ClN2O4S/c1-19(10-11-4-3-5-12(17)8-11)15-7-6-13(24(18,21)22)9-14(15)16(20)23-2/h3-9H,10H2,1-2H3,(H2,18,21,22). The first-order valence-corrected chi connectivity index (χ1v) is 8.85. The molecule has 0 saturated carbocycles. The molecule has 0 saturated heterocycles. The van der Waals surface area contributed by atoms with Gasteiger partial charge in [0.1, 0.15) is 0 Å². The van der Waals surface area contributed by atoms with Gasteiger partial charge in [0.05, 0.1) is 23.3 Å². The monoisotopic (exact) mass is 368 g/mol. The van der Waals surface area contributed by atoms with Gasteiger partial charge in [0.2, 0.25) is 10.0 Å². The molecule has 6 nitrogen and oxygen atoms in total. The van der Waals surface area contributed by atoms with Crippen molar-refractivity contribution in [1.82, 2.24) is 0 Å². The summed E-state index contributed by atoms with van der Waals surface area (Å²) in [5.41, 5.74) is 1.58. The molecular weight excluding hydrogens is 352 g/mol. The Bertz CT molecular complexity index is 868. The number of hydrogen-bond donors (Lipinski definition) is 1. The van der Waals surface area contributed by atoms with E-state index in [9.17, 15) is 13.2 Å². The fraction of sp³-hybridized carbons (Fsp3) is 0.188. The van der Waals surface area contributed by atoms with Crippen molar-refractivity contribution in [3.8, 4) is 0 Å². The van der Waals surface area contributed by atoms with Crippen LogP contribution in [0.5, 0.6) is 0 Å². The number of primary sulfonamides is 1. The third-order valence-corrected chi connectivity index (χ3v) is 4.57. The summed E-state index contributed by atoms with van der Waals surface area (Å²) >= 11 is 5.98. The second kappa shape index (κ2) is 7.21. The molecule has 0 bridgehead atoms. The molecule has 2 rings (SSSR count). The van der Waals surface area contributed by atoms with E-state index in [-0.39, 0.29) is 10.5 Å². The fourth-order valence-corrected chi connectivity index (χ4v) is 3.05. The Labute approximate surface area is 145 Å². The van der Waals surface area contributed by atoms with Crippen molar-refractivity contribution >= 4 is 33.3 Å². The lowest BCUT2D eigenvalue weighted by atomic mass is 10.1. The van der Waals surface area contributed by atoms with Crippen LogP contribution in [0.4, 0.5) is 5.69 Å². The first-order chi connectivity index (χ1) is 11.2. The molecule has 0 radical (unpaired) electrons. The van der Waals surface area contributed by atoms with Crippen molar-refractivity contribution in [3.63, 3.8) is 0 Å². The van der Waals surface area contributed by atoms with Gasteiger partial charge in [0.25, 0.3) is 0 Å². The Morgan fingerprint density at radius 2 is 1.96 bits per heavy atom. The van der Waals surface area contributed by atoms with E-state index in [2.05, 4.69) is 0 Å². The van der Waals surface area contributed by atoms with Crippen LogP contribution >= 0.6 is 11.6 Å². The van der Waals surface area contributed by atoms with Crippen LogP contribution in [-0.4, -0.2) is 28.5 Å². The molecule has 0 amide bonds. The Morgan fingerprint density at radius 3 is 2.54 bits per heavy atom. The second-order valence-electron chi connectivity index (χ2n) is 5.20. The number of nitrogens with zero attached hydrogens (tertiary/aromatic N) is 1. The van der Waals surface area contributed by atoms with Crippen molar-refractivity contribution in [2.45, 2.75) is 11.4 Å². The van der Waals surface area contributed by atoms with Gasteiger partial charge in [-0.1, -0.05) is 23.7 Å². The molecule has 0 heterocycles. The number of methoxy groups -OCH3 is 1. The largest absolute Gasteiger partial charge is 0.465 e. The van der Waals surface area contributed by atoms with Gasteiger partial charge in [-0.25, -0.2) is 18.4 Å². The summed E-state index contributed by atoms with van der Waals surface area (Å²) in [6.07, 6.45) is 0. The van der Waals surface area contributed by atoms with Crippen LogP contribution in [0.3, 0.4) is 0 Å². The van der Waals surface area contributed by atoms with Crippen LogP contribution in [0, 0.1) is 0 Å². The highest BCUT2D eigenvalue weighted by Gasteiger charge is 2.19. The number of hydrogen-bond acceptors (Lipinski definition) is 5. The number of ether oxygens (including phenoxy) is 1. The van der Waals surface area contributed by atoms with E-state index in [0.29, 0.717) is 17.3 Å². The van der Waals surface area contributed by atoms with E-state index in [4.69, 9.17) is 21.5 Å². The molecule has 8 heteroatoms. The van der Waals surface area contributed by atoms with E-state index in [1.807, 2.05) is 18.2 Å². The molecular formula is C16H17ClN2O4S. The molecule has 0 aliphatic rings. The highest BCUT2D eigenvalue weighted by atomic mass is 35.5. The van der Waals surface area contributed by atoms with Crippen LogP contribution in [0.1, 0.15) is 15.9 Å². The van der Waals surface area contributed by atoms with Crippen LogP contribution in [0.15, 0.2) is 47.4 Å². The third-order valence-electron chi connectivity index (χ3n) is 3.42. The maximum Gasteiger partial charge on any atom is 0.340 e. The number of carbonyl (C=O) groups is 1. The van der Waals surface area contributed by atoms with E-state index >= 15 is 0 Å². The molecule has 2 N–H and O–H groups in total. The van der Waals surface area contributed by atoms with Gasteiger partial charge in [-0.2, -0.15) is 0 Å². The molecule has 2 aromatic carbocycles. The fourth-order valence-electron chi connectivity index (χ4n) is 2.29. The minimum absolute atomic E-state index is 0.119. The van der Waals surface area contributed by atoms with Gasteiger partial charge in [0.15, 0.2) is 0 Å². The van der Waals surface area contributed by atoms with Gasteiger partial charge >= 0.3 is 5.97 Å². The van der Waals surface area contributed by atoms with Crippen molar-refractivity contribution in [2.24, 2.45) is 5.14 Å². The predicted octanol–water partition coefficient (Wildman–Crippen LogP) is 2.41. The van der Waals surface area contributed by atoms with Crippen molar-refractivity contribution in [1.29, 1.82) is 0 Å². The molecule has 0 aliphatic carbocycles. The average molecular weight is 369 g/mol. The Balaban J connectivity index is 2.42. The topological polar surface area (TPSA) is 89.7 Å². The minimum Gasteiger partial charge on any atom is -0.465 e. The number of anilines is 1. The molecule has 0 unspecified atom stereocenters. The van der Waals surface area contributed by atoms with Crippen LogP contribution < -0.4 is 10.0 Å². The van der Waals surface area contributed by atoms with Crippen LogP contribution in [0.2, 0.25) is 5.02 Å². The predicted molar refractivity (Wildman–Crippen MR) is 92.7 cm³/mol. The number of halogens is 1. The minimum atomic E-state index is -3.92. The number of nitrogens with two attached hydrogens (primary N) is 1. The summed E-state index contributed by atoms with van der Waals surface area (Å²) in [6, 6.07) is 11.4. The molecule has 0 aromatic heterocycles. The smallest absolute Gasteiger partial charge is 0.340 e. The Hall–Kier alpha value is -2.09. The molecule has 24 heavy (non-hydrogen) atoms. The maximum atomic E-state index is 12.0. The van der Waals surface area contributed by atoms with Crippen LogP contribution in [-0.2, 0) is 21.3 Å². The summed E-state index contributed by atoms with van der Waals surface area (Å²) in [7, 11) is -0.912. The molecule has 0 atom stereocenters. The number of benzene rings is 2. The highest BCUT2D eigenvalue weighted by Crippen LogP contribution is 2.25. The first-order valence-electron chi connectivity index (χ1n) is 6.93. The Kier molecular flexibility index (Phi) is 5.48. The molecule has 0 fully saturated rings. The lowest BCUT2D eigenvalue weighted by Crippen LogP contribution is -2.21. The second-order valence-corrected chi connectivity index (χ2v) is 7.20. The summed E-state index contributed by atoms with van der Waals surface area (Å²) < 4.78 is 27.7. The summed E-state index contributed by atoms with van der Waals surface area (Å²) in [5, 5.41) is 5.74. The molecule has 0 aliphatic heterocycles. The van der Waals surface area contributed by atoms with Gasteiger partial charge in [0, 0.05) is 18.6 Å². The van der Waals surface area contributed by atoms with Crippen molar-refractivity contribution in [2.75, 3.05) is 19.1 Å². The van der Waals surface area contributed by atoms with E-state index in [1.54, 1.807) is 18.0 Å². The molecule has 2 aromatic rings. The first kappa shape index (κ1) is 18.3. The lowest BCUT2D eigenvalue weighted by molar-refractivity contribution is 0.0601. The average Bonchev–Trinajstić information content (AvgIpc) is 2.52. The number of rotatable bonds is 5. The zero-order valence-corrected chi connectivity index (χ0v) is 14.8. The third kappa shape index (κ3) is 4.25. The summed E-state index contributed by atoms with van der Waals surface area (Å²) in [6.45, 7) is 0.472. The molecule has 128 valence electrons. The number of sulfonamides is 1. The zero-order chi connectivity index (χ0) is 17.9. The van der Waals surface area contributed by atoms with E-state index in [0.717, 1.165) is 5.56 Å². The normalized spacial score (nSPS) is 11.2. The van der Waals surface area contributed by atoms with Crippen LogP contribution in [0.25, 0.3) is 0 Å². The SMILES string of the molecule is COC(=O)c1cc(S(N)(=O)=O)ccc1N(C)Cc1cccc(Cl)c1. The summed E-state index contributed by atoms with van der Waals surface area (Å²) in [5.74, 6) is -0.645. The lowest BCUT2D eigenvalue weighted by Gasteiger charge is -2.22. The van der Waals surface area contributed by atoms with Crippen molar-refractivity contribution < 1.29 is 17.9 Å². The zero-order valence-electron chi connectivity index (χ0n) is 13.2. The quantitative estimate of drug-likeness (QED) is 0.818. The Morgan fingerprint density at radius 1 is 1.25 bits per heavy atom. The number of carbonyl (C=O) groups excluding carboxylic acids is 1. The highest BCUT2D eigenvalue weighted by molar-refractivity contribution is 7.89. The van der Waals surface area contributed by atoms with Gasteiger partial charge in [-0.15, -0.1) is 0 Å². The van der Waals surface area contributed by atoms with E-state index < -0.39 is 16.0 Å². The number of esters is 1. The van der Waals surface area contributed by atoms with Crippen molar-refractivity contribution in [3.05, 3.63) is 58.6 Å². The maximum absolute atomic E-state index is 12.0. The van der Waals surface area contributed by atoms with Gasteiger partial charge in [-0.3, -0.25) is 0 Å². The van der Waals surface area contributed by atoms with Gasteiger partial charge < -0.3 is 9.64 Å². The van der Waals surface area contributed by atoms with Gasteiger partial charge in [-0.05, 0) is 35.9 Å².